The Balaban J connectivity index is 1.85. The molecule has 3 atom stereocenters. The summed E-state index contributed by atoms with van der Waals surface area (Å²) < 4.78 is 0. The largest absolute Gasteiger partial charge is 0.356 e. The molecule has 2 fully saturated rings. The van der Waals surface area contributed by atoms with Gasteiger partial charge in [-0.1, -0.05) is 6.92 Å². The SMILES string of the molecule is CCCNC(=O)C1C[C@H]2CNC[C@@H](C1)C2. The first kappa shape index (κ1) is 10.9. The second kappa shape index (κ2) is 4.97. The molecular weight excluding hydrogens is 188 g/mol. The Labute approximate surface area is 92.0 Å². The average molecular weight is 210 g/mol. The second-order valence-electron chi connectivity index (χ2n) is 5.09. The summed E-state index contributed by atoms with van der Waals surface area (Å²) in [7, 11) is 0. The van der Waals surface area contributed by atoms with Gasteiger partial charge in [-0.25, -0.2) is 0 Å². The van der Waals surface area contributed by atoms with Gasteiger partial charge in [0.2, 0.25) is 5.91 Å². The van der Waals surface area contributed by atoms with Crippen molar-refractivity contribution < 1.29 is 4.79 Å². The number of carbonyl (C=O) groups excluding carboxylic acids is 1. The third-order valence-corrected chi connectivity index (χ3v) is 3.69. The molecule has 1 aliphatic heterocycles. The minimum absolute atomic E-state index is 0.294. The predicted octanol–water partition coefficient (Wildman–Crippen LogP) is 1.15. The quantitative estimate of drug-likeness (QED) is 0.733. The lowest BCUT2D eigenvalue weighted by molar-refractivity contribution is -0.127. The van der Waals surface area contributed by atoms with Gasteiger partial charge in [-0.2, -0.15) is 0 Å². The molecule has 1 unspecified atom stereocenters. The maximum Gasteiger partial charge on any atom is 0.223 e. The lowest BCUT2D eigenvalue weighted by Crippen LogP contribution is -2.45. The minimum atomic E-state index is 0.294. The summed E-state index contributed by atoms with van der Waals surface area (Å²) in [4.78, 5) is 11.9. The molecule has 1 saturated carbocycles. The molecule has 3 heteroatoms. The summed E-state index contributed by atoms with van der Waals surface area (Å²) in [6.45, 7) is 5.17. The van der Waals surface area contributed by atoms with Crippen molar-refractivity contribution in [2.45, 2.75) is 32.6 Å². The molecule has 2 aliphatic rings. The second-order valence-corrected chi connectivity index (χ2v) is 5.09. The molecule has 1 amide bonds. The Morgan fingerprint density at radius 3 is 2.53 bits per heavy atom. The Kier molecular flexibility index (Phi) is 3.62. The summed E-state index contributed by atoms with van der Waals surface area (Å²) >= 11 is 0. The molecular formula is C12H22N2O. The van der Waals surface area contributed by atoms with Crippen molar-refractivity contribution in [3.05, 3.63) is 0 Å². The van der Waals surface area contributed by atoms with Crippen LogP contribution < -0.4 is 10.6 Å². The van der Waals surface area contributed by atoms with Crippen molar-refractivity contribution in [2.24, 2.45) is 17.8 Å². The number of piperidine rings is 1. The van der Waals surface area contributed by atoms with Gasteiger partial charge in [0.25, 0.3) is 0 Å². The molecule has 2 bridgehead atoms. The van der Waals surface area contributed by atoms with Gasteiger partial charge < -0.3 is 10.6 Å². The van der Waals surface area contributed by atoms with Gasteiger partial charge in [0, 0.05) is 12.5 Å². The first-order chi connectivity index (χ1) is 7.29. The van der Waals surface area contributed by atoms with Crippen molar-refractivity contribution >= 4 is 5.91 Å². The van der Waals surface area contributed by atoms with E-state index in [1.165, 1.54) is 6.42 Å². The van der Waals surface area contributed by atoms with Gasteiger partial charge in [-0.15, -0.1) is 0 Å². The van der Waals surface area contributed by atoms with Crippen molar-refractivity contribution in [1.82, 2.24) is 10.6 Å². The number of carbonyl (C=O) groups is 1. The van der Waals surface area contributed by atoms with Crippen LogP contribution >= 0.6 is 0 Å². The van der Waals surface area contributed by atoms with Crippen LogP contribution in [0.5, 0.6) is 0 Å². The van der Waals surface area contributed by atoms with Crippen LogP contribution in [0.1, 0.15) is 32.6 Å². The molecule has 3 nitrogen and oxygen atoms in total. The van der Waals surface area contributed by atoms with Gasteiger partial charge in [-0.3, -0.25) is 4.79 Å². The highest BCUT2D eigenvalue weighted by molar-refractivity contribution is 5.78. The highest BCUT2D eigenvalue weighted by atomic mass is 16.1. The van der Waals surface area contributed by atoms with Gasteiger partial charge in [0.1, 0.15) is 0 Å². The first-order valence-corrected chi connectivity index (χ1v) is 6.28. The van der Waals surface area contributed by atoms with E-state index in [-0.39, 0.29) is 0 Å². The van der Waals surface area contributed by atoms with E-state index < -0.39 is 0 Å². The number of fused-ring (bicyclic) bond motifs is 2. The van der Waals surface area contributed by atoms with Crippen LogP contribution in [-0.2, 0) is 4.79 Å². The van der Waals surface area contributed by atoms with Gasteiger partial charge in [0.15, 0.2) is 0 Å². The molecule has 0 aromatic heterocycles. The normalized spacial score (nSPS) is 34.9. The highest BCUT2D eigenvalue weighted by Crippen LogP contribution is 2.35. The molecule has 0 spiro atoms. The van der Waals surface area contributed by atoms with E-state index in [0.717, 1.165) is 50.7 Å². The smallest absolute Gasteiger partial charge is 0.223 e. The standard InChI is InChI=1S/C12H22N2O/c1-2-3-14-12(15)11-5-9-4-10(6-11)8-13-7-9/h9-11,13H,2-8H2,1H3,(H,14,15)/t9-,10+,11?. The number of hydrogen-bond donors (Lipinski definition) is 2. The fourth-order valence-corrected chi connectivity index (χ4v) is 3.00. The highest BCUT2D eigenvalue weighted by Gasteiger charge is 2.34. The van der Waals surface area contributed by atoms with Gasteiger partial charge in [0.05, 0.1) is 0 Å². The number of rotatable bonds is 3. The molecule has 2 rings (SSSR count). The van der Waals surface area contributed by atoms with E-state index >= 15 is 0 Å². The molecule has 0 aromatic rings. The third-order valence-electron chi connectivity index (χ3n) is 3.69. The molecule has 15 heavy (non-hydrogen) atoms. The van der Waals surface area contributed by atoms with E-state index in [2.05, 4.69) is 17.6 Å². The fraction of sp³-hybridized carbons (Fsp3) is 0.917. The molecule has 1 saturated heterocycles. The summed E-state index contributed by atoms with van der Waals surface area (Å²) in [5.74, 6) is 2.08. The maximum absolute atomic E-state index is 11.9. The zero-order chi connectivity index (χ0) is 10.7. The maximum atomic E-state index is 11.9. The molecule has 2 N–H and O–H groups in total. The van der Waals surface area contributed by atoms with Crippen LogP contribution in [0.3, 0.4) is 0 Å². The van der Waals surface area contributed by atoms with Crippen molar-refractivity contribution in [3.8, 4) is 0 Å². The number of nitrogens with one attached hydrogen (secondary N) is 2. The van der Waals surface area contributed by atoms with Gasteiger partial charge in [-0.05, 0) is 50.6 Å². The van der Waals surface area contributed by atoms with Crippen LogP contribution in [-0.4, -0.2) is 25.5 Å². The predicted molar refractivity (Wildman–Crippen MR) is 60.5 cm³/mol. The van der Waals surface area contributed by atoms with Crippen molar-refractivity contribution in [3.63, 3.8) is 0 Å². The monoisotopic (exact) mass is 210 g/mol. The van der Waals surface area contributed by atoms with Crippen molar-refractivity contribution in [1.29, 1.82) is 0 Å². The fourth-order valence-electron chi connectivity index (χ4n) is 3.00. The molecule has 0 radical (unpaired) electrons. The van der Waals surface area contributed by atoms with Gasteiger partial charge >= 0.3 is 0 Å². The minimum Gasteiger partial charge on any atom is -0.356 e. The number of hydrogen-bond acceptors (Lipinski definition) is 2. The lowest BCUT2D eigenvalue weighted by Gasteiger charge is -2.38. The molecule has 86 valence electrons. The summed E-state index contributed by atoms with van der Waals surface area (Å²) in [5, 5.41) is 6.49. The van der Waals surface area contributed by atoms with Crippen LogP contribution in [0.2, 0.25) is 0 Å². The summed E-state index contributed by atoms with van der Waals surface area (Å²) in [6, 6.07) is 0. The third kappa shape index (κ3) is 2.71. The lowest BCUT2D eigenvalue weighted by atomic mass is 9.73. The summed E-state index contributed by atoms with van der Waals surface area (Å²) in [5.41, 5.74) is 0. The topological polar surface area (TPSA) is 41.1 Å². The van der Waals surface area contributed by atoms with E-state index in [4.69, 9.17) is 0 Å². The Morgan fingerprint density at radius 1 is 1.27 bits per heavy atom. The first-order valence-electron chi connectivity index (χ1n) is 6.28. The Bertz CT molecular complexity index is 218. The van der Waals surface area contributed by atoms with Crippen LogP contribution in [0.4, 0.5) is 0 Å². The molecule has 1 aliphatic carbocycles. The zero-order valence-corrected chi connectivity index (χ0v) is 9.59. The Hall–Kier alpha value is -0.570. The van der Waals surface area contributed by atoms with Crippen molar-refractivity contribution in [2.75, 3.05) is 19.6 Å². The van der Waals surface area contributed by atoms with Crippen LogP contribution in [0.25, 0.3) is 0 Å². The number of amides is 1. The van der Waals surface area contributed by atoms with E-state index in [1.807, 2.05) is 0 Å². The van der Waals surface area contributed by atoms with Crippen LogP contribution in [0.15, 0.2) is 0 Å². The van der Waals surface area contributed by atoms with E-state index in [0.29, 0.717) is 11.8 Å². The van der Waals surface area contributed by atoms with E-state index in [1.54, 1.807) is 0 Å². The Morgan fingerprint density at radius 2 is 1.93 bits per heavy atom. The molecule has 1 heterocycles. The van der Waals surface area contributed by atoms with Crippen LogP contribution in [0, 0.1) is 17.8 Å². The summed E-state index contributed by atoms with van der Waals surface area (Å²) in [6.07, 6.45) is 4.57. The average Bonchev–Trinajstić information content (AvgIpc) is 2.25. The zero-order valence-electron chi connectivity index (χ0n) is 9.59. The van der Waals surface area contributed by atoms with E-state index in [9.17, 15) is 4.79 Å². The molecule has 0 aromatic carbocycles.